The SMILES string of the molecule is CNCCC=Cc1ccc(C=O)cc1C. The van der Waals surface area contributed by atoms with Crippen LogP contribution in [0.2, 0.25) is 0 Å². The summed E-state index contributed by atoms with van der Waals surface area (Å²) in [6.07, 6.45) is 6.13. The van der Waals surface area contributed by atoms with Crippen molar-refractivity contribution in [2.75, 3.05) is 13.6 Å². The standard InChI is InChI=1S/C13H17NO/c1-11-9-12(10-15)6-7-13(11)5-3-4-8-14-2/h3,5-7,9-10,14H,4,8H2,1-2H3. The van der Waals surface area contributed by atoms with E-state index in [9.17, 15) is 4.79 Å². The molecule has 1 aromatic rings. The van der Waals surface area contributed by atoms with Crippen molar-refractivity contribution in [1.82, 2.24) is 5.32 Å². The molecule has 0 saturated carbocycles. The van der Waals surface area contributed by atoms with E-state index in [1.54, 1.807) is 0 Å². The molecule has 0 bridgehead atoms. The van der Waals surface area contributed by atoms with Crippen molar-refractivity contribution in [3.05, 3.63) is 41.0 Å². The van der Waals surface area contributed by atoms with E-state index in [-0.39, 0.29) is 0 Å². The molecule has 0 atom stereocenters. The normalized spacial score (nSPS) is 10.8. The number of aryl methyl sites for hydroxylation is 1. The predicted molar refractivity (Wildman–Crippen MR) is 64.1 cm³/mol. The Balaban J connectivity index is 2.69. The molecule has 1 aromatic carbocycles. The maximum Gasteiger partial charge on any atom is 0.150 e. The van der Waals surface area contributed by atoms with Crippen molar-refractivity contribution in [1.29, 1.82) is 0 Å². The fraction of sp³-hybridized carbons (Fsp3) is 0.308. The molecule has 15 heavy (non-hydrogen) atoms. The van der Waals surface area contributed by atoms with Gasteiger partial charge in [0.05, 0.1) is 0 Å². The Hall–Kier alpha value is -1.41. The summed E-state index contributed by atoms with van der Waals surface area (Å²) in [7, 11) is 1.94. The molecule has 0 spiro atoms. The van der Waals surface area contributed by atoms with Crippen molar-refractivity contribution >= 4 is 12.4 Å². The summed E-state index contributed by atoms with van der Waals surface area (Å²) in [6.45, 7) is 3.01. The van der Waals surface area contributed by atoms with Crippen molar-refractivity contribution in [3.8, 4) is 0 Å². The number of benzene rings is 1. The van der Waals surface area contributed by atoms with Crippen LogP contribution in [0.5, 0.6) is 0 Å². The minimum Gasteiger partial charge on any atom is -0.319 e. The third kappa shape index (κ3) is 3.68. The van der Waals surface area contributed by atoms with Gasteiger partial charge in [-0.2, -0.15) is 0 Å². The van der Waals surface area contributed by atoms with Gasteiger partial charge < -0.3 is 5.32 Å². The fourth-order valence-electron chi connectivity index (χ4n) is 1.40. The Morgan fingerprint density at radius 3 is 2.80 bits per heavy atom. The molecular weight excluding hydrogens is 186 g/mol. The second kappa shape index (κ2) is 6.14. The number of nitrogens with one attached hydrogen (secondary N) is 1. The van der Waals surface area contributed by atoms with E-state index in [2.05, 4.69) is 17.5 Å². The molecular formula is C13H17NO. The quantitative estimate of drug-likeness (QED) is 0.588. The Labute approximate surface area is 91.0 Å². The van der Waals surface area contributed by atoms with Gasteiger partial charge in [0.2, 0.25) is 0 Å². The van der Waals surface area contributed by atoms with Gasteiger partial charge in [-0.1, -0.05) is 24.3 Å². The largest absolute Gasteiger partial charge is 0.319 e. The van der Waals surface area contributed by atoms with Crippen molar-refractivity contribution in [3.63, 3.8) is 0 Å². The molecule has 0 saturated heterocycles. The molecule has 0 aromatic heterocycles. The molecule has 2 heteroatoms. The van der Waals surface area contributed by atoms with E-state index in [1.807, 2.05) is 32.2 Å². The highest BCUT2D eigenvalue weighted by Gasteiger charge is 1.95. The van der Waals surface area contributed by atoms with E-state index >= 15 is 0 Å². The maximum atomic E-state index is 10.5. The highest BCUT2D eigenvalue weighted by molar-refractivity contribution is 5.76. The van der Waals surface area contributed by atoms with E-state index in [0.29, 0.717) is 0 Å². The minimum absolute atomic E-state index is 0.736. The van der Waals surface area contributed by atoms with Crippen LogP contribution in [0, 0.1) is 6.92 Å². The van der Waals surface area contributed by atoms with E-state index in [1.165, 1.54) is 5.56 Å². The van der Waals surface area contributed by atoms with E-state index < -0.39 is 0 Å². The molecule has 0 aliphatic rings. The first-order valence-corrected chi connectivity index (χ1v) is 5.15. The summed E-state index contributed by atoms with van der Waals surface area (Å²) in [5.41, 5.74) is 3.05. The smallest absolute Gasteiger partial charge is 0.150 e. The first kappa shape index (κ1) is 11.7. The Morgan fingerprint density at radius 2 is 2.20 bits per heavy atom. The van der Waals surface area contributed by atoms with Crippen LogP contribution >= 0.6 is 0 Å². The Morgan fingerprint density at radius 1 is 1.40 bits per heavy atom. The first-order valence-electron chi connectivity index (χ1n) is 5.15. The molecule has 0 amide bonds. The van der Waals surface area contributed by atoms with Gasteiger partial charge in [0.25, 0.3) is 0 Å². The number of hydrogen-bond donors (Lipinski definition) is 1. The zero-order chi connectivity index (χ0) is 11.1. The second-order valence-electron chi connectivity index (χ2n) is 3.53. The molecule has 80 valence electrons. The van der Waals surface area contributed by atoms with Crippen molar-refractivity contribution in [2.24, 2.45) is 0 Å². The molecule has 0 fully saturated rings. The second-order valence-corrected chi connectivity index (χ2v) is 3.53. The van der Waals surface area contributed by atoms with Gasteiger partial charge >= 0.3 is 0 Å². The lowest BCUT2D eigenvalue weighted by Crippen LogP contribution is -2.05. The summed E-state index contributed by atoms with van der Waals surface area (Å²) < 4.78 is 0. The van der Waals surface area contributed by atoms with Crippen molar-refractivity contribution < 1.29 is 4.79 Å². The van der Waals surface area contributed by atoms with Crippen LogP contribution in [0.1, 0.15) is 27.9 Å². The predicted octanol–water partition coefficient (Wildman–Crippen LogP) is 2.43. The molecule has 0 aliphatic heterocycles. The minimum atomic E-state index is 0.736. The molecule has 0 aliphatic carbocycles. The lowest BCUT2D eigenvalue weighted by Gasteiger charge is -2.00. The van der Waals surface area contributed by atoms with Crippen LogP contribution in [0.25, 0.3) is 6.08 Å². The van der Waals surface area contributed by atoms with Crippen molar-refractivity contribution in [2.45, 2.75) is 13.3 Å². The summed E-state index contributed by atoms with van der Waals surface area (Å²) in [4.78, 5) is 10.5. The fourth-order valence-corrected chi connectivity index (χ4v) is 1.40. The topological polar surface area (TPSA) is 29.1 Å². The molecule has 1 rings (SSSR count). The number of carbonyl (C=O) groups excluding carboxylic acids is 1. The van der Waals surface area contributed by atoms with E-state index in [4.69, 9.17) is 0 Å². The van der Waals surface area contributed by atoms with Crippen LogP contribution in [0.3, 0.4) is 0 Å². The lowest BCUT2D eigenvalue weighted by molar-refractivity contribution is 0.112. The van der Waals surface area contributed by atoms with Crippen LogP contribution in [0.4, 0.5) is 0 Å². The highest BCUT2D eigenvalue weighted by atomic mass is 16.1. The zero-order valence-electron chi connectivity index (χ0n) is 9.29. The first-order chi connectivity index (χ1) is 7.27. The molecule has 0 unspecified atom stereocenters. The van der Waals surface area contributed by atoms with Gasteiger partial charge in [-0.3, -0.25) is 4.79 Å². The van der Waals surface area contributed by atoms with Gasteiger partial charge in [0, 0.05) is 5.56 Å². The molecule has 2 nitrogen and oxygen atoms in total. The van der Waals surface area contributed by atoms with Gasteiger partial charge in [-0.05, 0) is 44.1 Å². The summed E-state index contributed by atoms with van der Waals surface area (Å²) >= 11 is 0. The molecule has 1 N–H and O–H groups in total. The third-order valence-corrected chi connectivity index (χ3v) is 2.29. The monoisotopic (exact) mass is 203 g/mol. The summed E-state index contributed by atoms with van der Waals surface area (Å²) in [5.74, 6) is 0. The maximum absolute atomic E-state index is 10.5. The number of carbonyl (C=O) groups is 1. The van der Waals surface area contributed by atoms with Crippen LogP contribution in [0.15, 0.2) is 24.3 Å². The van der Waals surface area contributed by atoms with Crippen LogP contribution in [-0.2, 0) is 0 Å². The zero-order valence-corrected chi connectivity index (χ0v) is 9.29. The number of aldehydes is 1. The lowest BCUT2D eigenvalue weighted by atomic mass is 10.1. The van der Waals surface area contributed by atoms with Gasteiger partial charge in [-0.25, -0.2) is 0 Å². The van der Waals surface area contributed by atoms with Crippen LogP contribution in [-0.4, -0.2) is 19.9 Å². The van der Waals surface area contributed by atoms with Gasteiger partial charge in [-0.15, -0.1) is 0 Å². The Kier molecular flexibility index (Phi) is 4.78. The number of hydrogen-bond acceptors (Lipinski definition) is 2. The Bertz CT molecular complexity index is 356. The molecule has 0 heterocycles. The van der Waals surface area contributed by atoms with Crippen LogP contribution < -0.4 is 5.32 Å². The van der Waals surface area contributed by atoms with Gasteiger partial charge in [0.1, 0.15) is 6.29 Å². The highest BCUT2D eigenvalue weighted by Crippen LogP contribution is 2.11. The molecule has 0 radical (unpaired) electrons. The van der Waals surface area contributed by atoms with E-state index in [0.717, 1.165) is 30.4 Å². The summed E-state index contributed by atoms with van der Waals surface area (Å²) in [6, 6.07) is 5.73. The average Bonchev–Trinajstić information content (AvgIpc) is 2.26. The number of rotatable bonds is 5. The summed E-state index contributed by atoms with van der Waals surface area (Å²) in [5, 5.41) is 3.09. The third-order valence-electron chi connectivity index (χ3n) is 2.29. The van der Waals surface area contributed by atoms with Gasteiger partial charge in [0.15, 0.2) is 0 Å². The average molecular weight is 203 g/mol.